The summed E-state index contributed by atoms with van der Waals surface area (Å²) in [5.74, 6) is 0.236. The van der Waals surface area contributed by atoms with E-state index in [1.807, 2.05) is 27.7 Å². The Kier molecular flexibility index (Phi) is 7.15. The Morgan fingerprint density at radius 2 is 1.86 bits per heavy atom. The maximum atomic E-state index is 12.7. The van der Waals surface area contributed by atoms with Crippen molar-refractivity contribution in [2.45, 2.75) is 59.5 Å². The van der Waals surface area contributed by atoms with Crippen LogP contribution in [0.2, 0.25) is 0 Å². The zero-order valence-corrected chi connectivity index (χ0v) is 14.0. The standard InChI is InChI=1S/C16H30N2O3/c1-6-9-21-10-8-18-14(11(3)4)15(19)17-13(16(18)20)12(5)7-2/h11-14H,6-10H2,1-5H3,(H,17,19). The molecule has 0 aromatic rings. The van der Waals surface area contributed by atoms with E-state index in [1.54, 1.807) is 4.90 Å². The highest BCUT2D eigenvalue weighted by molar-refractivity contribution is 5.97. The summed E-state index contributed by atoms with van der Waals surface area (Å²) in [6.07, 6.45) is 1.82. The number of nitrogens with zero attached hydrogens (tertiary/aromatic N) is 1. The van der Waals surface area contributed by atoms with Gasteiger partial charge in [-0.15, -0.1) is 0 Å². The van der Waals surface area contributed by atoms with E-state index < -0.39 is 6.04 Å². The van der Waals surface area contributed by atoms with Crippen molar-refractivity contribution in [1.29, 1.82) is 0 Å². The molecular weight excluding hydrogens is 268 g/mol. The number of ether oxygens (including phenoxy) is 1. The minimum absolute atomic E-state index is 0.0303. The van der Waals surface area contributed by atoms with Crippen molar-refractivity contribution in [1.82, 2.24) is 10.2 Å². The van der Waals surface area contributed by atoms with Crippen molar-refractivity contribution in [3.8, 4) is 0 Å². The average Bonchev–Trinajstić information content (AvgIpc) is 2.45. The van der Waals surface area contributed by atoms with Crippen molar-refractivity contribution in [2.24, 2.45) is 11.8 Å². The van der Waals surface area contributed by atoms with Crippen LogP contribution in [0, 0.1) is 11.8 Å². The number of piperazine rings is 1. The summed E-state index contributed by atoms with van der Waals surface area (Å²) >= 11 is 0. The van der Waals surface area contributed by atoms with Crippen LogP contribution in [-0.4, -0.2) is 48.6 Å². The minimum atomic E-state index is -0.399. The van der Waals surface area contributed by atoms with Crippen LogP contribution in [0.1, 0.15) is 47.5 Å². The second kappa shape index (κ2) is 8.37. The minimum Gasteiger partial charge on any atom is -0.380 e. The maximum Gasteiger partial charge on any atom is 0.246 e. The van der Waals surface area contributed by atoms with Crippen LogP contribution in [0.25, 0.3) is 0 Å². The van der Waals surface area contributed by atoms with E-state index in [2.05, 4.69) is 12.2 Å². The maximum absolute atomic E-state index is 12.7. The second-order valence-corrected chi connectivity index (χ2v) is 6.20. The molecule has 5 nitrogen and oxygen atoms in total. The third kappa shape index (κ3) is 4.43. The van der Waals surface area contributed by atoms with Gasteiger partial charge in [0.2, 0.25) is 11.8 Å². The van der Waals surface area contributed by atoms with Gasteiger partial charge in [0.25, 0.3) is 0 Å². The number of rotatable bonds is 8. The lowest BCUT2D eigenvalue weighted by molar-refractivity contribution is -0.153. The molecule has 0 aliphatic carbocycles. The molecule has 2 amide bonds. The molecule has 1 aliphatic heterocycles. The van der Waals surface area contributed by atoms with Crippen LogP contribution in [0.15, 0.2) is 0 Å². The molecule has 0 saturated carbocycles. The molecule has 3 unspecified atom stereocenters. The number of hydrogen-bond acceptors (Lipinski definition) is 3. The fraction of sp³-hybridized carbons (Fsp3) is 0.875. The zero-order chi connectivity index (χ0) is 16.0. The molecule has 0 aromatic heterocycles. The van der Waals surface area contributed by atoms with E-state index >= 15 is 0 Å². The van der Waals surface area contributed by atoms with Gasteiger partial charge in [0.1, 0.15) is 12.1 Å². The molecule has 0 aromatic carbocycles. The summed E-state index contributed by atoms with van der Waals surface area (Å²) in [6.45, 7) is 11.7. The van der Waals surface area contributed by atoms with E-state index in [-0.39, 0.29) is 29.7 Å². The summed E-state index contributed by atoms with van der Waals surface area (Å²) < 4.78 is 5.49. The van der Waals surface area contributed by atoms with Crippen molar-refractivity contribution >= 4 is 11.8 Å². The summed E-state index contributed by atoms with van der Waals surface area (Å²) in [6, 6.07) is -0.785. The normalized spacial score (nSPS) is 24.4. The molecule has 21 heavy (non-hydrogen) atoms. The van der Waals surface area contributed by atoms with Gasteiger partial charge in [-0.3, -0.25) is 9.59 Å². The number of nitrogens with one attached hydrogen (secondary N) is 1. The predicted molar refractivity (Wildman–Crippen MR) is 82.8 cm³/mol. The van der Waals surface area contributed by atoms with E-state index in [1.165, 1.54) is 0 Å². The lowest BCUT2D eigenvalue weighted by Crippen LogP contribution is -2.66. The Hall–Kier alpha value is -1.10. The summed E-state index contributed by atoms with van der Waals surface area (Å²) in [7, 11) is 0. The fourth-order valence-corrected chi connectivity index (χ4v) is 2.70. The van der Waals surface area contributed by atoms with Crippen LogP contribution >= 0.6 is 0 Å². The van der Waals surface area contributed by atoms with E-state index in [4.69, 9.17) is 4.74 Å². The van der Waals surface area contributed by atoms with Crippen molar-refractivity contribution in [3.05, 3.63) is 0 Å². The first kappa shape index (κ1) is 18.0. The molecular formula is C16H30N2O3. The molecule has 1 N–H and O–H groups in total. The van der Waals surface area contributed by atoms with Crippen LogP contribution in [0.3, 0.4) is 0 Å². The van der Waals surface area contributed by atoms with Gasteiger partial charge in [0, 0.05) is 13.2 Å². The Balaban J connectivity index is 2.82. The van der Waals surface area contributed by atoms with Crippen molar-refractivity contribution in [3.63, 3.8) is 0 Å². The monoisotopic (exact) mass is 298 g/mol. The smallest absolute Gasteiger partial charge is 0.246 e. The molecule has 1 fully saturated rings. The number of carbonyl (C=O) groups is 2. The molecule has 122 valence electrons. The van der Waals surface area contributed by atoms with Crippen LogP contribution < -0.4 is 5.32 Å². The van der Waals surface area contributed by atoms with E-state index in [0.717, 1.165) is 12.8 Å². The van der Waals surface area contributed by atoms with Crippen LogP contribution in [-0.2, 0) is 14.3 Å². The molecule has 0 radical (unpaired) electrons. The van der Waals surface area contributed by atoms with Gasteiger partial charge < -0.3 is 15.0 Å². The first-order chi connectivity index (χ1) is 9.93. The molecule has 0 spiro atoms. The quantitative estimate of drug-likeness (QED) is 0.695. The zero-order valence-electron chi connectivity index (χ0n) is 14.0. The average molecular weight is 298 g/mol. The fourth-order valence-electron chi connectivity index (χ4n) is 2.70. The third-order valence-corrected chi connectivity index (χ3v) is 4.12. The van der Waals surface area contributed by atoms with Gasteiger partial charge in [-0.2, -0.15) is 0 Å². The Labute approximate surface area is 128 Å². The number of amides is 2. The highest BCUT2D eigenvalue weighted by Gasteiger charge is 2.43. The Bertz CT molecular complexity index is 357. The topological polar surface area (TPSA) is 58.6 Å². The van der Waals surface area contributed by atoms with Gasteiger partial charge in [-0.1, -0.05) is 41.0 Å². The molecule has 1 heterocycles. The van der Waals surface area contributed by atoms with E-state index in [0.29, 0.717) is 19.8 Å². The molecule has 3 atom stereocenters. The summed E-state index contributed by atoms with van der Waals surface area (Å²) in [5.41, 5.74) is 0. The summed E-state index contributed by atoms with van der Waals surface area (Å²) in [5, 5.41) is 2.91. The van der Waals surface area contributed by atoms with Gasteiger partial charge in [0.15, 0.2) is 0 Å². The van der Waals surface area contributed by atoms with Crippen molar-refractivity contribution in [2.75, 3.05) is 19.8 Å². The molecule has 1 aliphatic rings. The van der Waals surface area contributed by atoms with Crippen molar-refractivity contribution < 1.29 is 14.3 Å². The third-order valence-electron chi connectivity index (χ3n) is 4.12. The largest absolute Gasteiger partial charge is 0.380 e. The van der Waals surface area contributed by atoms with Crippen LogP contribution in [0.5, 0.6) is 0 Å². The van der Waals surface area contributed by atoms with E-state index in [9.17, 15) is 9.59 Å². The van der Waals surface area contributed by atoms with Crippen LogP contribution in [0.4, 0.5) is 0 Å². The lowest BCUT2D eigenvalue weighted by atomic mass is 9.91. The first-order valence-corrected chi connectivity index (χ1v) is 8.12. The van der Waals surface area contributed by atoms with Gasteiger partial charge in [-0.25, -0.2) is 0 Å². The molecule has 1 saturated heterocycles. The van der Waals surface area contributed by atoms with Gasteiger partial charge in [-0.05, 0) is 18.3 Å². The Morgan fingerprint density at radius 3 is 2.38 bits per heavy atom. The summed E-state index contributed by atoms with van der Waals surface area (Å²) in [4.78, 5) is 26.8. The molecule has 0 bridgehead atoms. The number of carbonyl (C=O) groups excluding carboxylic acids is 2. The second-order valence-electron chi connectivity index (χ2n) is 6.20. The van der Waals surface area contributed by atoms with Gasteiger partial charge >= 0.3 is 0 Å². The molecule has 1 rings (SSSR count). The molecule has 5 heteroatoms. The SMILES string of the molecule is CCCOCCN1C(=O)C(C(C)CC)NC(=O)C1C(C)C. The highest BCUT2D eigenvalue weighted by Crippen LogP contribution is 2.21. The lowest BCUT2D eigenvalue weighted by Gasteiger charge is -2.42. The Morgan fingerprint density at radius 1 is 1.19 bits per heavy atom. The highest BCUT2D eigenvalue weighted by atomic mass is 16.5. The predicted octanol–water partition coefficient (Wildman–Crippen LogP) is 1.81. The first-order valence-electron chi connectivity index (χ1n) is 8.12. The van der Waals surface area contributed by atoms with Gasteiger partial charge in [0.05, 0.1) is 6.61 Å². The number of hydrogen-bond donors (Lipinski definition) is 1.